The monoisotopic (exact) mass is 441 g/mol. The molecule has 120 valence electrons. The smallest absolute Gasteiger partial charge is 0.191 e. The van der Waals surface area contributed by atoms with Gasteiger partial charge in [0.05, 0.1) is 6.54 Å². The van der Waals surface area contributed by atoms with Crippen molar-refractivity contribution in [3.05, 3.63) is 34.9 Å². The molecule has 0 bridgehead atoms. The maximum absolute atomic E-state index is 6.13. The number of aliphatic imine (C=N–C) groups is 1. The molecule has 0 saturated heterocycles. The molecule has 0 spiro atoms. The van der Waals surface area contributed by atoms with E-state index in [0.717, 1.165) is 36.1 Å². The van der Waals surface area contributed by atoms with Gasteiger partial charge >= 0.3 is 0 Å². The third kappa shape index (κ3) is 9.47. The van der Waals surface area contributed by atoms with Crippen LogP contribution >= 0.6 is 47.3 Å². The number of hydrogen-bond acceptors (Lipinski definition) is 2. The van der Waals surface area contributed by atoms with Crippen LogP contribution in [0.3, 0.4) is 0 Å². The maximum Gasteiger partial charge on any atom is 0.191 e. The zero-order chi connectivity index (χ0) is 14.6. The molecule has 0 aromatic heterocycles. The number of nitrogens with one attached hydrogen (secondary N) is 2. The van der Waals surface area contributed by atoms with Crippen LogP contribution < -0.4 is 10.6 Å². The van der Waals surface area contributed by atoms with E-state index in [1.54, 1.807) is 0 Å². The van der Waals surface area contributed by atoms with Crippen molar-refractivity contribution in [2.45, 2.75) is 26.3 Å². The number of benzene rings is 1. The Balaban J connectivity index is 0.00000400. The Bertz CT molecular complexity index is 416. The molecular formula is C15H25ClIN3S. The Morgan fingerprint density at radius 1 is 1.24 bits per heavy atom. The second-order valence-corrected chi connectivity index (χ2v) is 5.81. The van der Waals surface area contributed by atoms with Gasteiger partial charge < -0.3 is 10.6 Å². The van der Waals surface area contributed by atoms with Gasteiger partial charge in [0, 0.05) is 18.1 Å². The fraction of sp³-hybridized carbons (Fsp3) is 0.533. The third-order valence-electron chi connectivity index (χ3n) is 2.78. The van der Waals surface area contributed by atoms with Gasteiger partial charge in [-0.05, 0) is 43.4 Å². The van der Waals surface area contributed by atoms with Crippen LogP contribution in [0.4, 0.5) is 0 Å². The van der Waals surface area contributed by atoms with Crippen LogP contribution in [-0.4, -0.2) is 31.1 Å². The number of hydrogen-bond donors (Lipinski definition) is 2. The Morgan fingerprint density at radius 3 is 2.67 bits per heavy atom. The van der Waals surface area contributed by atoms with E-state index < -0.39 is 0 Å². The van der Waals surface area contributed by atoms with Gasteiger partial charge in [0.15, 0.2) is 5.96 Å². The minimum Gasteiger partial charge on any atom is -0.357 e. The molecule has 0 heterocycles. The van der Waals surface area contributed by atoms with Gasteiger partial charge in [-0.3, -0.25) is 0 Å². The van der Waals surface area contributed by atoms with Crippen LogP contribution in [0.5, 0.6) is 0 Å². The first kappa shape index (κ1) is 20.9. The zero-order valence-electron chi connectivity index (χ0n) is 12.7. The van der Waals surface area contributed by atoms with Crippen LogP contribution in [0, 0.1) is 0 Å². The minimum absolute atomic E-state index is 0. The van der Waals surface area contributed by atoms with Crippen molar-refractivity contribution in [3.8, 4) is 0 Å². The first-order valence-electron chi connectivity index (χ1n) is 7.02. The highest BCUT2D eigenvalue weighted by atomic mass is 127. The number of guanidine groups is 1. The van der Waals surface area contributed by atoms with Gasteiger partial charge in [-0.1, -0.05) is 29.8 Å². The van der Waals surface area contributed by atoms with E-state index in [4.69, 9.17) is 11.6 Å². The molecule has 21 heavy (non-hydrogen) atoms. The molecule has 1 rings (SSSR count). The normalized spacial score (nSPS) is 10.9. The summed E-state index contributed by atoms with van der Waals surface area (Å²) in [6.45, 7) is 4.48. The van der Waals surface area contributed by atoms with Gasteiger partial charge in [-0.15, -0.1) is 24.0 Å². The highest BCUT2D eigenvalue weighted by Crippen LogP contribution is 2.15. The Hall–Kier alpha value is -0.140. The largest absolute Gasteiger partial charge is 0.357 e. The van der Waals surface area contributed by atoms with Crippen molar-refractivity contribution in [1.82, 2.24) is 10.6 Å². The number of rotatable bonds is 8. The molecule has 3 nitrogen and oxygen atoms in total. The Kier molecular flexibility index (Phi) is 13.4. The first-order chi connectivity index (χ1) is 9.77. The highest BCUT2D eigenvalue weighted by Gasteiger charge is 2.00. The maximum atomic E-state index is 6.13. The number of unbranched alkanes of at least 4 members (excludes halogenated alkanes) is 1. The molecule has 6 heteroatoms. The van der Waals surface area contributed by atoms with Gasteiger partial charge in [-0.2, -0.15) is 11.8 Å². The molecule has 0 atom stereocenters. The SMILES string of the molecule is CCNC(=NCc1ccccc1Cl)NCCCCSC.I. The summed E-state index contributed by atoms with van der Waals surface area (Å²) >= 11 is 8.03. The quantitative estimate of drug-likeness (QED) is 0.275. The van der Waals surface area contributed by atoms with E-state index in [1.165, 1.54) is 12.2 Å². The first-order valence-corrected chi connectivity index (χ1v) is 8.79. The molecular weight excluding hydrogens is 417 g/mol. The average Bonchev–Trinajstić information content (AvgIpc) is 2.46. The van der Waals surface area contributed by atoms with Crippen LogP contribution in [-0.2, 0) is 6.54 Å². The highest BCUT2D eigenvalue weighted by molar-refractivity contribution is 14.0. The molecule has 0 amide bonds. The molecule has 0 aliphatic heterocycles. The van der Waals surface area contributed by atoms with Crippen molar-refractivity contribution in [2.75, 3.05) is 25.1 Å². The fourth-order valence-corrected chi connectivity index (χ4v) is 2.40. The van der Waals surface area contributed by atoms with Gasteiger partial charge in [0.1, 0.15) is 0 Å². The summed E-state index contributed by atoms with van der Waals surface area (Å²) in [7, 11) is 0. The molecule has 0 unspecified atom stereocenters. The third-order valence-corrected chi connectivity index (χ3v) is 3.84. The number of halogens is 2. The van der Waals surface area contributed by atoms with E-state index in [0.29, 0.717) is 6.54 Å². The summed E-state index contributed by atoms with van der Waals surface area (Å²) in [4.78, 5) is 4.57. The lowest BCUT2D eigenvalue weighted by Crippen LogP contribution is -2.37. The summed E-state index contributed by atoms with van der Waals surface area (Å²) in [6.07, 6.45) is 4.54. The van der Waals surface area contributed by atoms with Gasteiger partial charge in [0.25, 0.3) is 0 Å². The summed E-state index contributed by atoms with van der Waals surface area (Å²) in [5.41, 5.74) is 1.05. The minimum atomic E-state index is 0. The lowest BCUT2D eigenvalue weighted by atomic mass is 10.2. The van der Waals surface area contributed by atoms with Crippen molar-refractivity contribution in [2.24, 2.45) is 4.99 Å². The number of thioether (sulfide) groups is 1. The zero-order valence-corrected chi connectivity index (χ0v) is 16.6. The fourth-order valence-electron chi connectivity index (χ4n) is 1.71. The predicted octanol–water partition coefficient (Wildman–Crippen LogP) is 4.16. The second kappa shape index (κ2) is 13.5. The lowest BCUT2D eigenvalue weighted by molar-refractivity contribution is 0.734. The lowest BCUT2D eigenvalue weighted by Gasteiger charge is -2.11. The topological polar surface area (TPSA) is 36.4 Å². The van der Waals surface area contributed by atoms with E-state index in [-0.39, 0.29) is 24.0 Å². The standard InChI is InChI=1S/C15H24ClN3S.HI/c1-3-17-15(18-10-6-7-11-20-2)19-12-13-8-4-5-9-14(13)16;/h4-5,8-9H,3,6-7,10-12H2,1-2H3,(H2,17,18,19);1H. The van der Waals surface area contributed by atoms with E-state index in [1.807, 2.05) is 36.0 Å². The summed E-state index contributed by atoms with van der Waals surface area (Å²) in [5.74, 6) is 2.08. The molecule has 1 aromatic rings. The van der Waals surface area contributed by atoms with Crippen molar-refractivity contribution in [3.63, 3.8) is 0 Å². The Labute approximate surface area is 154 Å². The molecule has 0 radical (unpaired) electrons. The van der Waals surface area contributed by atoms with Crippen LogP contribution in [0.15, 0.2) is 29.3 Å². The van der Waals surface area contributed by atoms with Gasteiger partial charge in [0.2, 0.25) is 0 Å². The molecule has 1 aromatic carbocycles. The molecule has 0 aliphatic carbocycles. The van der Waals surface area contributed by atoms with Crippen LogP contribution in [0.1, 0.15) is 25.3 Å². The van der Waals surface area contributed by atoms with E-state index >= 15 is 0 Å². The molecule has 0 fully saturated rings. The van der Waals surface area contributed by atoms with Crippen molar-refractivity contribution < 1.29 is 0 Å². The van der Waals surface area contributed by atoms with Crippen LogP contribution in [0.25, 0.3) is 0 Å². The molecule has 0 saturated carbocycles. The average molecular weight is 442 g/mol. The van der Waals surface area contributed by atoms with Crippen molar-refractivity contribution >= 4 is 53.3 Å². The number of nitrogens with zero attached hydrogens (tertiary/aromatic N) is 1. The van der Waals surface area contributed by atoms with Gasteiger partial charge in [-0.25, -0.2) is 4.99 Å². The molecule has 2 N–H and O–H groups in total. The van der Waals surface area contributed by atoms with E-state index in [2.05, 4.69) is 28.8 Å². The van der Waals surface area contributed by atoms with Crippen LogP contribution in [0.2, 0.25) is 5.02 Å². The van der Waals surface area contributed by atoms with E-state index in [9.17, 15) is 0 Å². The Morgan fingerprint density at radius 2 is 2.00 bits per heavy atom. The summed E-state index contributed by atoms with van der Waals surface area (Å²) < 4.78 is 0. The summed E-state index contributed by atoms with van der Waals surface area (Å²) in [6, 6.07) is 7.83. The second-order valence-electron chi connectivity index (χ2n) is 4.41. The summed E-state index contributed by atoms with van der Waals surface area (Å²) in [5, 5.41) is 7.38. The molecule has 0 aliphatic rings. The van der Waals surface area contributed by atoms with Crippen molar-refractivity contribution in [1.29, 1.82) is 0 Å². The predicted molar refractivity (Wildman–Crippen MR) is 107 cm³/mol.